The molecule has 0 aliphatic heterocycles. The molecule has 0 saturated carbocycles. The van der Waals surface area contributed by atoms with Crippen LogP contribution in [-0.4, -0.2) is 8.42 Å². The number of rotatable bonds is 2. The summed E-state index contributed by atoms with van der Waals surface area (Å²) in [5.41, 5.74) is -0.981. The highest BCUT2D eigenvalue weighted by Crippen LogP contribution is 2.29. The van der Waals surface area contributed by atoms with E-state index in [2.05, 4.69) is 0 Å². The number of benzene rings is 2. The van der Waals surface area contributed by atoms with Crippen LogP contribution >= 0.6 is 0 Å². The summed E-state index contributed by atoms with van der Waals surface area (Å²) in [6, 6.07) is 2.98. The van der Waals surface area contributed by atoms with Crippen LogP contribution in [-0.2, 0) is 9.84 Å². The van der Waals surface area contributed by atoms with E-state index in [1.807, 2.05) is 0 Å². The molecule has 0 radical (unpaired) electrons. The van der Waals surface area contributed by atoms with Crippen LogP contribution in [0.15, 0.2) is 34.1 Å². The van der Waals surface area contributed by atoms with Gasteiger partial charge in [-0.2, -0.15) is 0 Å². The zero-order valence-electron chi connectivity index (χ0n) is 11.0. The predicted molar refractivity (Wildman–Crippen MR) is 67.6 cm³/mol. The molecule has 0 saturated heterocycles. The molecule has 2 aromatic carbocycles. The summed E-state index contributed by atoms with van der Waals surface area (Å²) < 4.78 is 78.8. The molecule has 112 valence electrons. The Kier molecular flexibility index (Phi) is 3.79. The minimum atomic E-state index is -4.56. The van der Waals surface area contributed by atoms with Crippen molar-refractivity contribution in [2.75, 3.05) is 0 Å². The molecule has 2 aromatic rings. The summed E-state index contributed by atoms with van der Waals surface area (Å²) in [6.07, 6.45) is 0. The molecule has 21 heavy (non-hydrogen) atoms. The van der Waals surface area contributed by atoms with Gasteiger partial charge in [-0.05, 0) is 38.1 Å². The average molecular weight is 318 g/mol. The minimum Gasteiger partial charge on any atom is -0.218 e. The van der Waals surface area contributed by atoms with Crippen LogP contribution in [0.4, 0.5) is 17.6 Å². The van der Waals surface area contributed by atoms with Crippen molar-refractivity contribution < 1.29 is 26.0 Å². The van der Waals surface area contributed by atoms with Crippen molar-refractivity contribution in [3.63, 3.8) is 0 Å². The highest BCUT2D eigenvalue weighted by molar-refractivity contribution is 7.91. The van der Waals surface area contributed by atoms with Crippen LogP contribution in [0, 0.1) is 37.1 Å². The van der Waals surface area contributed by atoms with Crippen LogP contribution in [0.1, 0.15) is 11.1 Å². The summed E-state index contributed by atoms with van der Waals surface area (Å²) in [6.45, 7) is 2.13. The van der Waals surface area contributed by atoms with Crippen LogP contribution in [0.5, 0.6) is 0 Å². The SMILES string of the molecule is Cc1c(F)ccc(S(=O)(=O)c2ccc(F)c(C)c2F)c1F. The average Bonchev–Trinajstić information content (AvgIpc) is 2.41. The van der Waals surface area contributed by atoms with E-state index in [1.165, 1.54) is 0 Å². The van der Waals surface area contributed by atoms with Gasteiger partial charge in [0, 0.05) is 11.1 Å². The van der Waals surface area contributed by atoms with Crippen molar-refractivity contribution in [3.8, 4) is 0 Å². The Bertz CT molecular complexity index is 766. The van der Waals surface area contributed by atoms with Crippen LogP contribution in [0.3, 0.4) is 0 Å². The van der Waals surface area contributed by atoms with Gasteiger partial charge in [0.25, 0.3) is 0 Å². The molecule has 0 amide bonds. The lowest BCUT2D eigenvalue weighted by Crippen LogP contribution is -2.10. The molecule has 0 unspecified atom stereocenters. The molecule has 2 nitrogen and oxygen atoms in total. The normalized spacial score (nSPS) is 11.7. The fraction of sp³-hybridized carbons (Fsp3) is 0.143. The first-order valence-electron chi connectivity index (χ1n) is 5.82. The fourth-order valence-electron chi connectivity index (χ4n) is 1.81. The van der Waals surface area contributed by atoms with Gasteiger partial charge in [-0.3, -0.25) is 0 Å². The highest BCUT2D eigenvalue weighted by atomic mass is 32.2. The van der Waals surface area contributed by atoms with Crippen LogP contribution in [0.25, 0.3) is 0 Å². The molecule has 0 N–H and O–H groups in total. The second-order valence-corrected chi connectivity index (χ2v) is 6.36. The topological polar surface area (TPSA) is 34.1 Å². The van der Waals surface area contributed by atoms with Crippen molar-refractivity contribution in [2.24, 2.45) is 0 Å². The molecule has 0 aliphatic rings. The second kappa shape index (κ2) is 5.14. The first-order valence-corrected chi connectivity index (χ1v) is 7.30. The van der Waals surface area contributed by atoms with Gasteiger partial charge < -0.3 is 0 Å². The first kappa shape index (κ1) is 15.5. The summed E-state index contributed by atoms with van der Waals surface area (Å²) in [5.74, 6) is -4.42. The molecular weight excluding hydrogens is 308 g/mol. The maximum absolute atomic E-state index is 13.9. The largest absolute Gasteiger partial charge is 0.218 e. The van der Waals surface area contributed by atoms with Gasteiger partial charge in [0.05, 0.1) is 0 Å². The fourth-order valence-corrected chi connectivity index (χ4v) is 3.32. The van der Waals surface area contributed by atoms with Crippen LogP contribution in [0.2, 0.25) is 0 Å². The Morgan fingerprint density at radius 2 is 1.05 bits per heavy atom. The monoisotopic (exact) mass is 318 g/mol. The van der Waals surface area contributed by atoms with Gasteiger partial charge in [0.2, 0.25) is 9.84 Å². The van der Waals surface area contributed by atoms with Crippen molar-refractivity contribution >= 4 is 9.84 Å². The van der Waals surface area contributed by atoms with Gasteiger partial charge in [-0.15, -0.1) is 0 Å². The number of hydrogen-bond donors (Lipinski definition) is 0. The Morgan fingerprint density at radius 3 is 1.38 bits per heavy atom. The smallest absolute Gasteiger partial charge is 0.212 e. The standard InChI is InChI=1S/C14H10F4O2S/c1-7-9(15)3-5-11(13(7)17)21(19,20)12-6-4-10(16)8(2)14(12)18/h3-6H,1-2H3. The van der Waals surface area contributed by atoms with Gasteiger partial charge in [-0.25, -0.2) is 26.0 Å². The number of halogens is 4. The molecule has 0 aromatic heterocycles. The third-order valence-corrected chi connectivity index (χ3v) is 4.94. The van der Waals surface area contributed by atoms with Crippen molar-refractivity contribution in [1.29, 1.82) is 0 Å². The molecular formula is C14H10F4O2S. The zero-order valence-corrected chi connectivity index (χ0v) is 11.9. The summed E-state index contributed by atoms with van der Waals surface area (Å²) in [5, 5.41) is 0. The zero-order chi connectivity index (χ0) is 15.9. The molecule has 7 heteroatoms. The molecule has 0 heterocycles. The van der Waals surface area contributed by atoms with Gasteiger partial charge in [0.1, 0.15) is 33.1 Å². The quantitative estimate of drug-likeness (QED) is 0.625. The van der Waals surface area contributed by atoms with E-state index in [0.717, 1.165) is 26.0 Å². The predicted octanol–water partition coefficient (Wildman–Crippen LogP) is 3.69. The number of sulfone groups is 1. The van der Waals surface area contributed by atoms with E-state index in [9.17, 15) is 26.0 Å². The highest BCUT2D eigenvalue weighted by Gasteiger charge is 2.28. The Labute approximate surface area is 119 Å². The van der Waals surface area contributed by atoms with Gasteiger partial charge in [-0.1, -0.05) is 0 Å². The summed E-state index contributed by atoms with van der Waals surface area (Å²) in [4.78, 5) is -1.71. The third kappa shape index (κ3) is 2.42. The Balaban J connectivity index is 2.75. The van der Waals surface area contributed by atoms with Gasteiger partial charge >= 0.3 is 0 Å². The van der Waals surface area contributed by atoms with E-state index in [-0.39, 0.29) is 0 Å². The second-order valence-electron chi connectivity index (χ2n) is 4.47. The van der Waals surface area contributed by atoms with Crippen LogP contribution < -0.4 is 0 Å². The molecule has 0 aliphatic carbocycles. The number of hydrogen-bond acceptors (Lipinski definition) is 2. The summed E-state index contributed by atoms with van der Waals surface area (Å²) in [7, 11) is -4.56. The van der Waals surface area contributed by atoms with E-state index in [0.29, 0.717) is 12.1 Å². The van der Waals surface area contributed by atoms with Crippen molar-refractivity contribution in [3.05, 3.63) is 58.7 Å². The lowest BCUT2D eigenvalue weighted by atomic mass is 10.2. The Morgan fingerprint density at radius 1 is 0.714 bits per heavy atom. The molecule has 2 rings (SSSR count). The van der Waals surface area contributed by atoms with E-state index >= 15 is 0 Å². The minimum absolute atomic E-state index is 0.490. The van der Waals surface area contributed by atoms with E-state index in [1.54, 1.807) is 0 Å². The first-order chi connectivity index (χ1) is 9.67. The Hall–Kier alpha value is -1.89. The maximum Gasteiger partial charge on any atom is 0.212 e. The summed E-state index contributed by atoms with van der Waals surface area (Å²) >= 11 is 0. The van der Waals surface area contributed by atoms with Crippen molar-refractivity contribution in [1.82, 2.24) is 0 Å². The van der Waals surface area contributed by atoms with Crippen molar-refractivity contribution in [2.45, 2.75) is 23.6 Å². The third-order valence-electron chi connectivity index (χ3n) is 3.15. The van der Waals surface area contributed by atoms with E-state index < -0.39 is 54.0 Å². The lowest BCUT2D eigenvalue weighted by molar-refractivity contribution is 0.525. The lowest BCUT2D eigenvalue weighted by Gasteiger charge is -2.10. The molecule has 0 atom stereocenters. The molecule has 0 spiro atoms. The van der Waals surface area contributed by atoms with E-state index in [4.69, 9.17) is 0 Å². The molecule has 0 fully saturated rings. The van der Waals surface area contributed by atoms with Gasteiger partial charge in [0.15, 0.2) is 0 Å². The maximum atomic E-state index is 13.9. The molecule has 0 bridgehead atoms.